The summed E-state index contributed by atoms with van der Waals surface area (Å²) in [6, 6.07) is 0. The maximum atomic E-state index is 16.9. The van der Waals surface area contributed by atoms with Crippen molar-refractivity contribution in [3.8, 4) is 11.8 Å². The summed E-state index contributed by atoms with van der Waals surface area (Å²) in [6.45, 7) is 5.53. The van der Waals surface area contributed by atoms with Crippen LogP contribution in [0.25, 0.3) is 0 Å². The summed E-state index contributed by atoms with van der Waals surface area (Å²) < 4.78 is 32.2. The van der Waals surface area contributed by atoms with Gasteiger partial charge >= 0.3 is 0 Å². The van der Waals surface area contributed by atoms with Crippen LogP contribution in [0.3, 0.4) is 0 Å². The fraction of sp³-hybridized carbons (Fsp3) is 0.680. The molecule has 0 radical (unpaired) electrons. The first kappa shape index (κ1) is 22.7. The molecule has 3 saturated carbocycles. The van der Waals surface area contributed by atoms with Crippen molar-refractivity contribution in [1.82, 2.24) is 0 Å². The first-order valence-corrected chi connectivity index (χ1v) is 12.2. The molecule has 0 spiro atoms. The van der Waals surface area contributed by atoms with E-state index < -0.39 is 34.7 Å². The van der Waals surface area contributed by atoms with Gasteiger partial charge in [-0.3, -0.25) is 9.59 Å². The molecule has 0 aromatic rings. The smallest absolute Gasteiger partial charge is 0.193 e. The predicted molar refractivity (Wildman–Crippen MR) is 118 cm³/mol. The van der Waals surface area contributed by atoms with Crippen molar-refractivity contribution in [1.29, 1.82) is 0 Å². The lowest BCUT2D eigenvalue weighted by Gasteiger charge is -2.62. The van der Waals surface area contributed by atoms with Crippen molar-refractivity contribution < 1.29 is 23.5 Å². The molecule has 3 nitrogen and oxygen atoms in total. The van der Waals surface area contributed by atoms with Crippen LogP contribution in [-0.4, -0.2) is 39.7 Å². The van der Waals surface area contributed by atoms with Gasteiger partial charge in [0.1, 0.15) is 6.17 Å². The molecule has 4 aliphatic carbocycles. The quantitative estimate of drug-likeness (QED) is 0.628. The number of fused-ring (bicyclic) bond motifs is 5. The number of halogens is 2. The molecule has 3 fully saturated rings. The Kier molecular flexibility index (Phi) is 5.75. The van der Waals surface area contributed by atoms with E-state index in [9.17, 15) is 14.7 Å². The number of hydrogen-bond donors (Lipinski definition) is 1. The Balaban J connectivity index is 1.66. The predicted octanol–water partition coefficient (Wildman–Crippen LogP) is 4.59. The highest BCUT2D eigenvalue weighted by Crippen LogP contribution is 2.69. The maximum Gasteiger partial charge on any atom is 0.193 e. The van der Waals surface area contributed by atoms with Crippen LogP contribution in [0.5, 0.6) is 0 Å². The molecule has 0 aromatic carbocycles. The van der Waals surface area contributed by atoms with E-state index >= 15 is 8.78 Å². The van der Waals surface area contributed by atoms with E-state index in [2.05, 4.69) is 11.8 Å². The van der Waals surface area contributed by atoms with Crippen LogP contribution in [0.2, 0.25) is 0 Å². The number of alkyl halides is 2. The van der Waals surface area contributed by atoms with Gasteiger partial charge in [-0.25, -0.2) is 8.78 Å². The lowest BCUT2D eigenvalue weighted by molar-refractivity contribution is -0.201. The van der Waals surface area contributed by atoms with Crippen LogP contribution in [0.15, 0.2) is 23.8 Å². The second-order valence-electron chi connectivity index (χ2n) is 9.89. The largest absolute Gasteiger partial charge is 0.390 e. The van der Waals surface area contributed by atoms with Gasteiger partial charge in [0.05, 0.1) is 11.9 Å². The summed E-state index contributed by atoms with van der Waals surface area (Å²) in [5.74, 6) is 4.82. The van der Waals surface area contributed by atoms with E-state index in [1.807, 2.05) is 13.8 Å². The molecule has 1 N–H and O–H groups in total. The van der Waals surface area contributed by atoms with Gasteiger partial charge in [0.2, 0.25) is 0 Å². The third kappa shape index (κ3) is 3.18. The minimum atomic E-state index is -2.07. The molecule has 168 valence electrons. The van der Waals surface area contributed by atoms with Crippen molar-refractivity contribution in [2.24, 2.45) is 28.6 Å². The number of carbonyl (C=O) groups is 2. The number of aliphatic hydroxyl groups is 1. The summed E-state index contributed by atoms with van der Waals surface area (Å²) in [6.07, 6.45) is 3.27. The summed E-state index contributed by atoms with van der Waals surface area (Å²) >= 11 is 1.20. The number of carbonyl (C=O) groups excluding carboxylic acids is 2. The van der Waals surface area contributed by atoms with Gasteiger partial charge in [0.25, 0.3) is 0 Å². The highest BCUT2D eigenvalue weighted by atomic mass is 32.2. The molecule has 0 bridgehead atoms. The Hall–Kier alpha value is -1.45. The van der Waals surface area contributed by atoms with Crippen LogP contribution in [0.1, 0.15) is 52.9 Å². The zero-order valence-corrected chi connectivity index (χ0v) is 19.1. The van der Waals surface area contributed by atoms with E-state index in [4.69, 9.17) is 0 Å². The lowest BCUT2D eigenvalue weighted by Crippen LogP contribution is -2.68. The topological polar surface area (TPSA) is 54.4 Å². The van der Waals surface area contributed by atoms with Crippen molar-refractivity contribution in [3.63, 3.8) is 0 Å². The molecule has 0 saturated heterocycles. The Morgan fingerprint density at radius 3 is 2.74 bits per heavy atom. The fourth-order valence-corrected chi connectivity index (χ4v) is 7.88. The Morgan fingerprint density at radius 1 is 1.29 bits per heavy atom. The minimum absolute atomic E-state index is 0.0384. The molecule has 0 heterocycles. The van der Waals surface area contributed by atoms with Crippen LogP contribution in [0.4, 0.5) is 8.78 Å². The third-order valence-electron chi connectivity index (χ3n) is 8.50. The number of aliphatic hydroxyl groups excluding tert-OH is 1. The Labute approximate surface area is 187 Å². The highest BCUT2D eigenvalue weighted by molar-refractivity contribution is 8.13. The van der Waals surface area contributed by atoms with Gasteiger partial charge in [0, 0.05) is 23.7 Å². The van der Waals surface area contributed by atoms with Crippen LogP contribution in [0, 0.1) is 40.4 Å². The number of ketones is 1. The van der Waals surface area contributed by atoms with Gasteiger partial charge in [-0.05, 0) is 61.7 Å². The summed E-state index contributed by atoms with van der Waals surface area (Å²) in [7, 11) is 0. The van der Waals surface area contributed by atoms with Crippen molar-refractivity contribution in [2.75, 3.05) is 5.75 Å². The molecule has 4 rings (SSSR count). The van der Waals surface area contributed by atoms with Crippen molar-refractivity contribution in [3.05, 3.63) is 23.8 Å². The summed E-state index contributed by atoms with van der Waals surface area (Å²) in [5.41, 5.74) is -3.87. The minimum Gasteiger partial charge on any atom is -0.390 e. The van der Waals surface area contributed by atoms with Crippen molar-refractivity contribution >= 4 is 22.7 Å². The molecular weight excluding hydrogens is 418 g/mol. The van der Waals surface area contributed by atoms with Gasteiger partial charge < -0.3 is 5.11 Å². The average molecular weight is 449 g/mol. The first-order chi connectivity index (χ1) is 14.6. The van der Waals surface area contributed by atoms with E-state index in [0.29, 0.717) is 18.6 Å². The molecular formula is C25H30F2O3S. The monoisotopic (exact) mass is 448 g/mol. The molecule has 6 heteroatoms. The normalized spacial score (nSPS) is 45.7. The molecule has 0 amide bonds. The van der Waals surface area contributed by atoms with E-state index in [1.165, 1.54) is 30.0 Å². The standard InChI is InChI=1S/C25H30F2O3S/c1-4-5-6-11-31-22(30)17-8-7-16-18-13-20(26)19-12-15(28)9-10-24(19,3)25(18,27)21(29)14-23(16,17)2/h9-10,12,16-18,20-21,29H,4,7-8,11,13-14H2,1-3H3/t16?,17?,18?,20-,21?,23?,24?,25-/m0/s1. The molecule has 8 atom stereocenters. The molecule has 31 heavy (non-hydrogen) atoms. The number of rotatable bonds is 2. The summed E-state index contributed by atoms with van der Waals surface area (Å²) in [5, 5.41) is 11.2. The number of allylic oxidation sites excluding steroid dienone is 4. The molecule has 4 aliphatic rings. The van der Waals surface area contributed by atoms with Crippen LogP contribution >= 0.6 is 11.8 Å². The van der Waals surface area contributed by atoms with E-state index in [1.54, 1.807) is 6.92 Å². The molecule has 0 aliphatic heterocycles. The maximum absolute atomic E-state index is 16.9. The van der Waals surface area contributed by atoms with Gasteiger partial charge in [-0.1, -0.05) is 37.6 Å². The molecule has 6 unspecified atom stereocenters. The zero-order valence-electron chi connectivity index (χ0n) is 18.3. The molecule has 0 aromatic heterocycles. The zero-order chi connectivity index (χ0) is 22.6. The fourth-order valence-electron chi connectivity index (χ4n) is 6.97. The van der Waals surface area contributed by atoms with Gasteiger partial charge in [-0.15, -0.1) is 5.92 Å². The second-order valence-corrected chi connectivity index (χ2v) is 10.9. The SMILES string of the molecule is CCC#CCSC(=O)C1CCC2C3C[C@H](F)C4=CC(=O)C=CC4(C)[C@@]3(F)C(O)CC12C. The van der Waals surface area contributed by atoms with Gasteiger partial charge in [-0.2, -0.15) is 0 Å². The number of hydrogen-bond acceptors (Lipinski definition) is 4. The third-order valence-corrected chi connectivity index (χ3v) is 9.36. The van der Waals surface area contributed by atoms with E-state index in [-0.39, 0.29) is 41.1 Å². The van der Waals surface area contributed by atoms with Crippen molar-refractivity contribution in [2.45, 2.75) is 70.8 Å². The average Bonchev–Trinajstić information content (AvgIpc) is 3.05. The Morgan fingerprint density at radius 2 is 2.03 bits per heavy atom. The van der Waals surface area contributed by atoms with Crippen LogP contribution < -0.4 is 0 Å². The van der Waals surface area contributed by atoms with Gasteiger partial charge in [0.15, 0.2) is 16.6 Å². The first-order valence-electron chi connectivity index (χ1n) is 11.2. The van der Waals surface area contributed by atoms with E-state index in [0.717, 1.165) is 6.42 Å². The lowest BCUT2D eigenvalue weighted by atomic mass is 9.45. The number of thioether (sulfide) groups is 1. The van der Waals surface area contributed by atoms with Crippen LogP contribution in [-0.2, 0) is 9.59 Å². The Bertz CT molecular complexity index is 917. The highest BCUT2D eigenvalue weighted by Gasteiger charge is 2.72. The summed E-state index contributed by atoms with van der Waals surface area (Å²) in [4.78, 5) is 24.9. The second kappa shape index (κ2) is 7.85.